The maximum absolute atomic E-state index is 13.3. The van der Waals surface area contributed by atoms with Gasteiger partial charge in [0.15, 0.2) is 0 Å². The van der Waals surface area contributed by atoms with Gasteiger partial charge in [0.1, 0.15) is 17.9 Å². The van der Waals surface area contributed by atoms with Gasteiger partial charge in [0.05, 0.1) is 11.4 Å². The number of nitrogens with zero attached hydrogens (tertiary/aromatic N) is 3. The number of benzene rings is 2. The molecule has 0 radical (unpaired) electrons. The zero-order chi connectivity index (χ0) is 25.7. The van der Waals surface area contributed by atoms with Crippen LogP contribution in [0.5, 0.6) is 0 Å². The largest absolute Gasteiger partial charge is 0.325 e. The number of amides is 4. The quantitative estimate of drug-likeness (QED) is 0.504. The number of hydrogen-bond donors (Lipinski definition) is 2. The zero-order valence-electron chi connectivity index (χ0n) is 21.0. The molecular formula is C28H31N5O3. The van der Waals surface area contributed by atoms with Gasteiger partial charge in [-0.1, -0.05) is 63.2 Å². The van der Waals surface area contributed by atoms with Gasteiger partial charge in [-0.2, -0.15) is 5.10 Å². The second-order valence-corrected chi connectivity index (χ2v) is 10.8. The number of nitrogens with one attached hydrogen (secondary N) is 2. The van der Waals surface area contributed by atoms with Gasteiger partial charge in [-0.15, -0.1) is 0 Å². The topological polar surface area (TPSA) is 96.3 Å². The van der Waals surface area contributed by atoms with Crippen molar-refractivity contribution in [3.63, 3.8) is 0 Å². The van der Waals surface area contributed by atoms with Crippen LogP contribution in [-0.2, 0) is 20.5 Å². The summed E-state index contributed by atoms with van der Waals surface area (Å²) in [6.45, 7) is 7.63. The number of imide groups is 1. The summed E-state index contributed by atoms with van der Waals surface area (Å²) < 4.78 is 1.69. The van der Waals surface area contributed by atoms with E-state index in [9.17, 15) is 14.4 Å². The van der Waals surface area contributed by atoms with Crippen LogP contribution in [0.4, 0.5) is 10.6 Å². The first-order valence-electron chi connectivity index (χ1n) is 12.3. The number of urea groups is 1. The van der Waals surface area contributed by atoms with Gasteiger partial charge in [0.2, 0.25) is 5.91 Å². The van der Waals surface area contributed by atoms with Crippen molar-refractivity contribution < 1.29 is 14.4 Å². The summed E-state index contributed by atoms with van der Waals surface area (Å²) in [6.07, 6.45) is 2.16. The Morgan fingerprint density at radius 1 is 1.08 bits per heavy atom. The van der Waals surface area contributed by atoms with E-state index in [1.807, 2.05) is 60.7 Å². The molecule has 3 aromatic rings. The fourth-order valence-electron chi connectivity index (χ4n) is 4.50. The lowest BCUT2D eigenvalue weighted by molar-refractivity contribution is -0.133. The summed E-state index contributed by atoms with van der Waals surface area (Å²) >= 11 is 0. The molecule has 1 aromatic heterocycles. The van der Waals surface area contributed by atoms with Crippen LogP contribution in [0.3, 0.4) is 0 Å². The van der Waals surface area contributed by atoms with Crippen molar-refractivity contribution in [3.8, 4) is 5.69 Å². The highest BCUT2D eigenvalue weighted by Gasteiger charge is 2.49. The van der Waals surface area contributed by atoms with Crippen LogP contribution < -0.4 is 10.6 Å². The Bertz CT molecular complexity index is 1320. The molecule has 2 heterocycles. The normalized spacial score (nSPS) is 19.9. The Morgan fingerprint density at radius 2 is 1.75 bits per heavy atom. The Morgan fingerprint density at radius 3 is 2.36 bits per heavy atom. The molecule has 5 rings (SSSR count). The summed E-state index contributed by atoms with van der Waals surface area (Å²) in [5.74, 6) is -0.00531. The molecule has 1 saturated carbocycles. The standard InChI is InChI=1S/C28H31N5O3/c1-27(2,3)19-12-14-20(15-13-19)28(4)25(35)32(26(36)30-28)17-24(34)29-23-16-22(18-10-11-18)31-33(23)21-8-6-5-7-9-21/h5-9,12-16,18H,10-11,17H2,1-4H3,(H,29,34)(H,30,36). The molecule has 1 unspecified atom stereocenters. The van der Waals surface area contributed by atoms with E-state index >= 15 is 0 Å². The highest BCUT2D eigenvalue weighted by atomic mass is 16.2. The first-order chi connectivity index (χ1) is 17.1. The van der Waals surface area contributed by atoms with E-state index in [-0.39, 0.29) is 12.0 Å². The van der Waals surface area contributed by atoms with E-state index in [0.29, 0.717) is 17.3 Å². The molecule has 1 aliphatic heterocycles. The van der Waals surface area contributed by atoms with E-state index < -0.39 is 23.4 Å². The summed E-state index contributed by atoms with van der Waals surface area (Å²) in [7, 11) is 0. The number of hydrogen-bond acceptors (Lipinski definition) is 4. The minimum atomic E-state index is -1.24. The Kier molecular flexibility index (Phi) is 5.70. The van der Waals surface area contributed by atoms with E-state index in [2.05, 4.69) is 36.5 Å². The smallest absolute Gasteiger partial charge is 0.319 e. The Hall–Kier alpha value is -3.94. The molecule has 8 nitrogen and oxygen atoms in total. The first-order valence-corrected chi connectivity index (χ1v) is 12.3. The van der Waals surface area contributed by atoms with Crippen molar-refractivity contribution in [3.05, 3.63) is 77.5 Å². The molecule has 2 fully saturated rings. The molecule has 2 aromatic carbocycles. The molecule has 1 saturated heterocycles. The molecule has 0 spiro atoms. The van der Waals surface area contributed by atoms with Crippen molar-refractivity contribution in [1.82, 2.24) is 20.0 Å². The van der Waals surface area contributed by atoms with Gasteiger partial charge in [-0.25, -0.2) is 9.48 Å². The lowest BCUT2D eigenvalue weighted by Crippen LogP contribution is -2.42. The third-order valence-electron chi connectivity index (χ3n) is 6.90. The minimum absolute atomic E-state index is 0.0296. The zero-order valence-corrected chi connectivity index (χ0v) is 21.0. The number of para-hydroxylation sites is 1. The maximum Gasteiger partial charge on any atom is 0.325 e. The lowest BCUT2D eigenvalue weighted by atomic mass is 9.84. The van der Waals surface area contributed by atoms with E-state index in [4.69, 9.17) is 0 Å². The Labute approximate surface area is 210 Å². The molecule has 2 aliphatic rings. The average Bonchev–Trinajstić information content (AvgIpc) is 3.58. The highest BCUT2D eigenvalue weighted by molar-refractivity contribution is 6.10. The predicted octanol–water partition coefficient (Wildman–Crippen LogP) is 4.45. The third-order valence-corrected chi connectivity index (χ3v) is 6.90. The van der Waals surface area contributed by atoms with Crippen molar-refractivity contribution in [1.29, 1.82) is 0 Å². The van der Waals surface area contributed by atoms with Crippen molar-refractivity contribution >= 4 is 23.7 Å². The molecule has 8 heteroatoms. The van der Waals surface area contributed by atoms with E-state index in [0.717, 1.165) is 34.7 Å². The summed E-state index contributed by atoms with van der Waals surface area (Å²) in [6, 6.07) is 18.5. The van der Waals surface area contributed by atoms with Crippen molar-refractivity contribution in [2.75, 3.05) is 11.9 Å². The number of aromatic nitrogens is 2. The van der Waals surface area contributed by atoms with Crippen LogP contribution in [0.1, 0.15) is 63.3 Å². The lowest BCUT2D eigenvalue weighted by Gasteiger charge is -2.24. The van der Waals surface area contributed by atoms with E-state index in [1.54, 1.807) is 11.6 Å². The van der Waals surface area contributed by atoms with Gasteiger partial charge >= 0.3 is 6.03 Å². The van der Waals surface area contributed by atoms with Crippen molar-refractivity contribution in [2.45, 2.75) is 57.4 Å². The molecule has 4 amide bonds. The van der Waals surface area contributed by atoms with Gasteiger partial charge < -0.3 is 10.6 Å². The SMILES string of the molecule is CC(C)(C)c1ccc(C2(C)NC(=O)N(CC(=O)Nc3cc(C4CC4)nn3-c3ccccc3)C2=O)cc1. The van der Waals surface area contributed by atoms with Crippen LogP contribution in [-0.4, -0.2) is 39.1 Å². The van der Waals surface area contributed by atoms with Gasteiger partial charge in [-0.3, -0.25) is 14.5 Å². The fraction of sp³-hybridized carbons (Fsp3) is 0.357. The second-order valence-electron chi connectivity index (χ2n) is 10.8. The molecule has 1 aliphatic carbocycles. The fourth-order valence-corrected chi connectivity index (χ4v) is 4.50. The predicted molar refractivity (Wildman–Crippen MR) is 137 cm³/mol. The molecule has 1 atom stereocenters. The van der Waals surface area contributed by atoms with Gasteiger partial charge in [0, 0.05) is 12.0 Å². The van der Waals surface area contributed by atoms with E-state index in [1.165, 1.54) is 0 Å². The molecule has 2 N–H and O–H groups in total. The number of carbonyl (C=O) groups is 3. The van der Waals surface area contributed by atoms with Crippen LogP contribution in [0.2, 0.25) is 0 Å². The Balaban J connectivity index is 1.33. The third kappa shape index (κ3) is 4.39. The number of anilines is 1. The van der Waals surface area contributed by atoms with Crippen LogP contribution in [0.25, 0.3) is 5.69 Å². The van der Waals surface area contributed by atoms with Crippen LogP contribution in [0.15, 0.2) is 60.7 Å². The monoisotopic (exact) mass is 485 g/mol. The highest BCUT2D eigenvalue weighted by Crippen LogP contribution is 2.40. The number of rotatable bonds is 6. The number of carbonyl (C=O) groups excluding carboxylic acids is 3. The van der Waals surface area contributed by atoms with Gasteiger partial charge in [-0.05, 0) is 48.4 Å². The average molecular weight is 486 g/mol. The second kappa shape index (κ2) is 8.62. The van der Waals surface area contributed by atoms with Crippen LogP contribution in [0, 0.1) is 0 Å². The summed E-state index contributed by atoms with van der Waals surface area (Å²) in [5.41, 5.74) is 2.28. The minimum Gasteiger partial charge on any atom is -0.319 e. The molecule has 36 heavy (non-hydrogen) atoms. The molecule has 0 bridgehead atoms. The van der Waals surface area contributed by atoms with Crippen molar-refractivity contribution in [2.24, 2.45) is 0 Å². The van der Waals surface area contributed by atoms with Gasteiger partial charge in [0.25, 0.3) is 5.91 Å². The molecular weight excluding hydrogens is 454 g/mol. The first kappa shape index (κ1) is 23.8. The summed E-state index contributed by atoms with van der Waals surface area (Å²) in [4.78, 5) is 40.1. The summed E-state index contributed by atoms with van der Waals surface area (Å²) in [5, 5.41) is 10.3. The van der Waals surface area contributed by atoms with Crippen LogP contribution >= 0.6 is 0 Å². The molecule has 186 valence electrons. The maximum atomic E-state index is 13.3.